The number of carbonyl (C=O) groups is 1. The van der Waals surface area contributed by atoms with E-state index in [1.54, 1.807) is 18.0 Å². The molecule has 168 valence electrons. The lowest BCUT2D eigenvalue weighted by Gasteiger charge is -2.29. The van der Waals surface area contributed by atoms with Crippen LogP contribution in [0.2, 0.25) is 0 Å². The first-order valence-corrected chi connectivity index (χ1v) is 11.9. The van der Waals surface area contributed by atoms with Crippen molar-refractivity contribution in [2.24, 2.45) is 0 Å². The standard InChI is InChI=1S/C23H31N3O4S/c1-24(2)31(28,29)22-16-19(10-13-21(22)30-4)23(27)25(3)17-18-8-11-20(12-9-18)26-14-6-5-7-15-26/h8-13,16H,5-7,14-15,17H2,1-4H3. The van der Waals surface area contributed by atoms with Crippen molar-refractivity contribution < 1.29 is 17.9 Å². The summed E-state index contributed by atoms with van der Waals surface area (Å²) in [6, 6.07) is 12.8. The average molecular weight is 446 g/mol. The van der Waals surface area contributed by atoms with E-state index in [0.717, 1.165) is 23.0 Å². The summed E-state index contributed by atoms with van der Waals surface area (Å²) >= 11 is 0. The van der Waals surface area contributed by atoms with Gasteiger partial charge in [-0.15, -0.1) is 0 Å². The Morgan fingerprint density at radius 1 is 1.00 bits per heavy atom. The SMILES string of the molecule is COc1ccc(C(=O)N(C)Cc2ccc(N3CCCCC3)cc2)cc1S(=O)(=O)N(C)C. The Morgan fingerprint density at radius 3 is 2.23 bits per heavy atom. The first-order valence-electron chi connectivity index (χ1n) is 10.4. The molecule has 1 saturated heterocycles. The third kappa shape index (κ3) is 5.19. The second kappa shape index (κ2) is 9.70. The highest BCUT2D eigenvalue weighted by molar-refractivity contribution is 7.89. The van der Waals surface area contributed by atoms with Gasteiger partial charge in [0.2, 0.25) is 10.0 Å². The number of ether oxygens (including phenoxy) is 1. The molecule has 2 aromatic carbocycles. The molecule has 1 heterocycles. The fourth-order valence-corrected chi connectivity index (χ4v) is 4.81. The molecule has 31 heavy (non-hydrogen) atoms. The smallest absolute Gasteiger partial charge is 0.253 e. The van der Waals surface area contributed by atoms with Gasteiger partial charge >= 0.3 is 0 Å². The maximum Gasteiger partial charge on any atom is 0.253 e. The molecule has 0 aliphatic carbocycles. The predicted molar refractivity (Wildman–Crippen MR) is 122 cm³/mol. The molecule has 3 rings (SSSR count). The van der Waals surface area contributed by atoms with Gasteiger partial charge in [-0.3, -0.25) is 4.79 Å². The van der Waals surface area contributed by atoms with Gasteiger partial charge in [0.05, 0.1) is 7.11 Å². The number of amides is 1. The minimum Gasteiger partial charge on any atom is -0.495 e. The van der Waals surface area contributed by atoms with Crippen LogP contribution < -0.4 is 9.64 Å². The van der Waals surface area contributed by atoms with Crippen LogP contribution >= 0.6 is 0 Å². The monoisotopic (exact) mass is 445 g/mol. The molecule has 0 spiro atoms. The average Bonchev–Trinajstić information content (AvgIpc) is 2.79. The van der Waals surface area contributed by atoms with Gasteiger partial charge in [-0.2, -0.15) is 0 Å². The van der Waals surface area contributed by atoms with E-state index in [0.29, 0.717) is 12.1 Å². The fourth-order valence-electron chi connectivity index (χ4n) is 3.74. The van der Waals surface area contributed by atoms with Crippen LogP contribution in [0.15, 0.2) is 47.4 Å². The van der Waals surface area contributed by atoms with Crippen molar-refractivity contribution in [3.63, 3.8) is 0 Å². The molecule has 1 aliphatic heterocycles. The molecule has 0 saturated carbocycles. The molecule has 1 fully saturated rings. The zero-order chi connectivity index (χ0) is 22.6. The van der Waals surface area contributed by atoms with Crippen LogP contribution in [0.1, 0.15) is 35.2 Å². The summed E-state index contributed by atoms with van der Waals surface area (Å²) in [5, 5.41) is 0. The second-order valence-corrected chi connectivity index (χ2v) is 10.1. The highest BCUT2D eigenvalue weighted by Gasteiger charge is 2.24. The van der Waals surface area contributed by atoms with Gasteiger partial charge in [-0.05, 0) is 55.2 Å². The molecule has 8 heteroatoms. The molecular formula is C23H31N3O4S. The quantitative estimate of drug-likeness (QED) is 0.655. The summed E-state index contributed by atoms with van der Waals surface area (Å²) in [6.45, 7) is 2.61. The van der Waals surface area contributed by atoms with Crippen molar-refractivity contribution in [3.05, 3.63) is 53.6 Å². The Bertz CT molecular complexity index is 1010. The van der Waals surface area contributed by atoms with Crippen LogP contribution in [0.5, 0.6) is 5.75 Å². The summed E-state index contributed by atoms with van der Waals surface area (Å²) in [6.07, 6.45) is 3.75. The lowest BCUT2D eigenvalue weighted by Crippen LogP contribution is -2.29. The predicted octanol–water partition coefficient (Wildman–Crippen LogP) is 3.21. The molecule has 0 N–H and O–H groups in total. The number of hydrogen-bond donors (Lipinski definition) is 0. The van der Waals surface area contributed by atoms with Crippen molar-refractivity contribution in [3.8, 4) is 5.75 Å². The fraction of sp³-hybridized carbons (Fsp3) is 0.435. The first kappa shape index (κ1) is 23.1. The zero-order valence-corrected chi connectivity index (χ0v) is 19.5. The van der Waals surface area contributed by atoms with Crippen molar-refractivity contribution >= 4 is 21.6 Å². The lowest BCUT2D eigenvalue weighted by atomic mass is 10.1. The number of benzene rings is 2. The number of rotatable bonds is 7. The second-order valence-electron chi connectivity index (χ2n) is 8.03. The minimum atomic E-state index is -3.74. The number of piperidine rings is 1. The normalized spacial score (nSPS) is 14.5. The maximum absolute atomic E-state index is 13.0. The van der Waals surface area contributed by atoms with Gasteiger partial charge in [-0.1, -0.05) is 12.1 Å². The summed E-state index contributed by atoms with van der Waals surface area (Å²) in [5.41, 5.74) is 2.53. The molecule has 1 amide bonds. The van der Waals surface area contributed by atoms with Gasteiger partial charge in [0.25, 0.3) is 5.91 Å². The van der Waals surface area contributed by atoms with Gasteiger partial charge in [0, 0.05) is 52.0 Å². The van der Waals surface area contributed by atoms with E-state index in [1.165, 1.54) is 58.3 Å². The molecule has 2 aromatic rings. The molecular weight excluding hydrogens is 414 g/mol. The van der Waals surface area contributed by atoms with Crippen molar-refractivity contribution in [1.82, 2.24) is 9.21 Å². The Morgan fingerprint density at radius 2 is 1.65 bits per heavy atom. The topological polar surface area (TPSA) is 70.2 Å². The van der Waals surface area contributed by atoms with Crippen LogP contribution in [0.3, 0.4) is 0 Å². The largest absolute Gasteiger partial charge is 0.495 e. The third-order valence-electron chi connectivity index (χ3n) is 5.59. The first-order chi connectivity index (χ1) is 14.7. The van der Waals surface area contributed by atoms with E-state index in [4.69, 9.17) is 4.74 Å². The lowest BCUT2D eigenvalue weighted by molar-refractivity contribution is 0.0785. The number of methoxy groups -OCH3 is 1. The van der Waals surface area contributed by atoms with E-state index < -0.39 is 10.0 Å². The summed E-state index contributed by atoms with van der Waals surface area (Å²) in [7, 11) is 2.27. The Balaban J connectivity index is 1.75. The molecule has 0 radical (unpaired) electrons. The van der Waals surface area contributed by atoms with E-state index in [9.17, 15) is 13.2 Å². The Kier molecular flexibility index (Phi) is 7.23. The number of nitrogens with zero attached hydrogens (tertiary/aromatic N) is 3. The van der Waals surface area contributed by atoms with Gasteiger partial charge in [0.15, 0.2) is 0 Å². The summed E-state index contributed by atoms with van der Waals surface area (Å²) in [5.74, 6) is -0.0424. The van der Waals surface area contributed by atoms with Crippen LogP contribution in [0, 0.1) is 0 Å². The van der Waals surface area contributed by atoms with Crippen molar-refractivity contribution in [1.29, 1.82) is 0 Å². The van der Waals surface area contributed by atoms with Crippen LogP contribution in [-0.2, 0) is 16.6 Å². The molecule has 0 unspecified atom stereocenters. The van der Waals surface area contributed by atoms with Gasteiger partial charge in [-0.25, -0.2) is 12.7 Å². The molecule has 0 aromatic heterocycles. The van der Waals surface area contributed by atoms with Crippen molar-refractivity contribution in [2.45, 2.75) is 30.7 Å². The van der Waals surface area contributed by atoms with E-state index in [2.05, 4.69) is 17.0 Å². The minimum absolute atomic E-state index is 0.0230. The zero-order valence-electron chi connectivity index (χ0n) is 18.7. The Labute approximate surface area is 185 Å². The van der Waals surface area contributed by atoms with Crippen LogP contribution in [0.4, 0.5) is 5.69 Å². The van der Waals surface area contributed by atoms with Crippen LogP contribution in [-0.4, -0.2) is 64.9 Å². The van der Waals surface area contributed by atoms with Gasteiger partial charge < -0.3 is 14.5 Å². The number of carbonyl (C=O) groups excluding carboxylic acids is 1. The highest BCUT2D eigenvalue weighted by atomic mass is 32.2. The summed E-state index contributed by atoms with van der Waals surface area (Å²) < 4.78 is 31.6. The molecule has 0 atom stereocenters. The molecule has 1 aliphatic rings. The maximum atomic E-state index is 13.0. The number of hydrogen-bond acceptors (Lipinski definition) is 5. The van der Waals surface area contributed by atoms with E-state index >= 15 is 0 Å². The number of anilines is 1. The van der Waals surface area contributed by atoms with Crippen molar-refractivity contribution in [2.75, 3.05) is 46.2 Å². The number of sulfonamides is 1. The van der Waals surface area contributed by atoms with E-state index in [-0.39, 0.29) is 16.6 Å². The third-order valence-corrected chi connectivity index (χ3v) is 7.43. The van der Waals surface area contributed by atoms with Crippen LogP contribution in [0.25, 0.3) is 0 Å². The molecule has 0 bridgehead atoms. The molecule has 7 nitrogen and oxygen atoms in total. The van der Waals surface area contributed by atoms with E-state index in [1.807, 2.05) is 12.1 Å². The summed E-state index contributed by atoms with van der Waals surface area (Å²) in [4.78, 5) is 16.9. The highest BCUT2D eigenvalue weighted by Crippen LogP contribution is 2.27. The van der Waals surface area contributed by atoms with Gasteiger partial charge in [0.1, 0.15) is 10.6 Å². The Hall–Kier alpha value is -2.58.